The van der Waals surface area contributed by atoms with Crippen molar-refractivity contribution in [2.75, 3.05) is 26.4 Å². The number of phosphoric ester groups is 1. The van der Waals surface area contributed by atoms with Gasteiger partial charge in [-0.25, -0.2) is 4.57 Å². The van der Waals surface area contributed by atoms with E-state index in [4.69, 9.17) is 18.5 Å². The first kappa shape index (κ1) is 34.5. The number of unbranched alkanes of at least 4 members (excludes halogenated alkanes) is 2. The van der Waals surface area contributed by atoms with Gasteiger partial charge in [-0.1, -0.05) is 60.3 Å². The van der Waals surface area contributed by atoms with Gasteiger partial charge >= 0.3 is 19.8 Å². The minimum Gasteiger partial charge on any atom is -0.461 e. The van der Waals surface area contributed by atoms with Crippen molar-refractivity contribution in [1.82, 2.24) is 5.32 Å². The van der Waals surface area contributed by atoms with Crippen LogP contribution in [-0.2, 0) is 37.5 Å². The fourth-order valence-corrected chi connectivity index (χ4v) is 4.05. The Morgan fingerprint density at radius 1 is 1.00 bits per heavy atom. The van der Waals surface area contributed by atoms with Crippen LogP contribution < -0.4 is 5.32 Å². The van der Waals surface area contributed by atoms with E-state index < -0.39 is 37.9 Å². The van der Waals surface area contributed by atoms with Crippen molar-refractivity contribution in [3.05, 3.63) is 0 Å². The number of hydrogen-bond donors (Lipinski definition) is 2. The van der Waals surface area contributed by atoms with Crippen molar-refractivity contribution in [3.8, 4) is 0 Å². The maximum atomic E-state index is 12.7. The van der Waals surface area contributed by atoms with Gasteiger partial charge in [-0.2, -0.15) is 0 Å². The molecule has 4 atom stereocenters. The van der Waals surface area contributed by atoms with Gasteiger partial charge < -0.3 is 19.7 Å². The Morgan fingerprint density at radius 2 is 1.67 bits per heavy atom. The van der Waals surface area contributed by atoms with Gasteiger partial charge in [0, 0.05) is 18.9 Å². The molecule has 0 bridgehead atoms. The maximum absolute atomic E-state index is 12.7. The summed E-state index contributed by atoms with van der Waals surface area (Å²) >= 11 is 0. The number of carbonyl (C=O) groups is 3. The molecule has 0 radical (unpaired) electrons. The molecule has 0 aliphatic carbocycles. The first-order chi connectivity index (χ1) is 16.9. The Kier molecular flexibility index (Phi) is 17.9. The molecule has 0 saturated carbocycles. The van der Waals surface area contributed by atoms with E-state index in [1.54, 1.807) is 6.92 Å². The normalized spacial score (nSPS) is 16.3. The minimum absolute atomic E-state index is 0.0429. The van der Waals surface area contributed by atoms with Crippen molar-refractivity contribution in [2.45, 2.75) is 105 Å². The van der Waals surface area contributed by atoms with E-state index in [1.807, 2.05) is 34.6 Å². The second kappa shape index (κ2) is 18.7. The second-order valence-electron chi connectivity index (χ2n) is 9.41. The summed E-state index contributed by atoms with van der Waals surface area (Å²) in [6.45, 7) is 10.5. The summed E-state index contributed by atoms with van der Waals surface area (Å²) < 4.78 is 33.0. The van der Waals surface area contributed by atoms with E-state index in [0.717, 1.165) is 32.1 Å². The summed E-state index contributed by atoms with van der Waals surface area (Å²) in [5.74, 6) is -1.24. The highest BCUT2D eigenvalue weighted by molar-refractivity contribution is 7.47. The molecule has 36 heavy (non-hydrogen) atoms. The van der Waals surface area contributed by atoms with Crippen molar-refractivity contribution in [1.29, 1.82) is 0 Å². The number of rotatable bonds is 21. The third kappa shape index (κ3) is 14.9. The monoisotopic (exact) mass is 537 g/mol. The molecule has 1 amide bonds. The lowest BCUT2D eigenvalue weighted by molar-refractivity contribution is -0.167. The van der Waals surface area contributed by atoms with Crippen LogP contribution in [0, 0.1) is 11.3 Å². The van der Waals surface area contributed by atoms with E-state index in [-0.39, 0.29) is 38.0 Å². The molecule has 0 aliphatic rings. The summed E-state index contributed by atoms with van der Waals surface area (Å²) in [4.78, 5) is 46.7. The highest BCUT2D eigenvalue weighted by Crippen LogP contribution is 2.43. The summed E-state index contributed by atoms with van der Waals surface area (Å²) in [5, 5.41) is 2.64. The fourth-order valence-electron chi connectivity index (χ4n) is 3.30. The first-order valence-electron chi connectivity index (χ1n) is 13.2. The van der Waals surface area contributed by atoms with Crippen molar-refractivity contribution >= 4 is 25.7 Å². The number of nitrogens with one attached hydrogen (secondary N) is 1. The molecule has 0 aromatic rings. The van der Waals surface area contributed by atoms with Crippen LogP contribution in [0.5, 0.6) is 0 Å². The van der Waals surface area contributed by atoms with Crippen LogP contribution in [-0.4, -0.2) is 55.2 Å². The molecule has 10 nitrogen and oxygen atoms in total. The van der Waals surface area contributed by atoms with Crippen LogP contribution in [0.3, 0.4) is 0 Å². The fraction of sp³-hybridized carbons (Fsp3) is 0.880. The smallest absolute Gasteiger partial charge is 0.461 e. The van der Waals surface area contributed by atoms with Crippen molar-refractivity contribution in [2.24, 2.45) is 11.3 Å². The molecule has 0 spiro atoms. The van der Waals surface area contributed by atoms with Crippen LogP contribution in [0.25, 0.3) is 0 Å². The third-order valence-corrected chi connectivity index (χ3v) is 7.02. The molecule has 0 saturated heterocycles. The van der Waals surface area contributed by atoms with Gasteiger partial charge in [-0.15, -0.1) is 0 Å². The lowest BCUT2D eigenvalue weighted by atomic mass is 9.82. The number of ether oxygens (including phenoxy) is 2. The molecule has 2 N–H and O–H groups in total. The predicted octanol–water partition coefficient (Wildman–Crippen LogP) is 4.92. The molecule has 4 unspecified atom stereocenters. The Hall–Kier alpha value is -1.48. The van der Waals surface area contributed by atoms with E-state index in [1.165, 1.54) is 0 Å². The van der Waals surface area contributed by atoms with Crippen molar-refractivity contribution in [3.63, 3.8) is 0 Å². The lowest BCUT2D eigenvalue weighted by Gasteiger charge is -2.27. The number of phosphoric acid groups is 1. The zero-order valence-corrected chi connectivity index (χ0v) is 23.9. The van der Waals surface area contributed by atoms with Crippen molar-refractivity contribution < 1.29 is 42.4 Å². The van der Waals surface area contributed by atoms with Gasteiger partial charge in [0.25, 0.3) is 0 Å². The Balaban J connectivity index is 4.89. The molecule has 11 heteroatoms. The van der Waals surface area contributed by atoms with Crippen LogP contribution in [0.1, 0.15) is 99.3 Å². The SMILES string of the molecule is CCCCC(=O)OC(COC(=O)C(C)(CC)CCCC)COP(=O)(O)OCCNC(=O)C(C)CCC. The number of esters is 2. The van der Waals surface area contributed by atoms with Crippen LogP contribution in [0.2, 0.25) is 0 Å². The predicted molar refractivity (Wildman–Crippen MR) is 137 cm³/mol. The van der Waals surface area contributed by atoms with E-state index in [0.29, 0.717) is 19.3 Å². The Labute approximate surface area is 216 Å². The summed E-state index contributed by atoms with van der Waals surface area (Å²) in [6.07, 6.45) is 5.24. The zero-order chi connectivity index (χ0) is 27.6. The average Bonchev–Trinajstić information content (AvgIpc) is 2.85. The van der Waals surface area contributed by atoms with Gasteiger partial charge in [0.15, 0.2) is 6.10 Å². The molecular formula is C25H48NO9P. The molecule has 0 fully saturated rings. The molecule has 212 valence electrons. The minimum atomic E-state index is -4.49. The molecule has 0 aliphatic heterocycles. The first-order valence-corrected chi connectivity index (χ1v) is 14.7. The van der Waals surface area contributed by atoms with E-state index >= 15 is 0 Å². The van der Waals surface area contributed by atoms with Gasteiger partial charge in [0.1, 0.15) is 6.61 Å². The highest BCUT2D eigenvalue weighted by Gasteiger charge is 2.34. The van der Waals surface area contributed by atoms with Gasteiger partial charge in [0.05, 0.1) is 18.6 Å². The van der Waals surface area contributed by atoms with Crippen LogP contribution in [0.4, 0.5) is 0 Å². The average molecular weight is 538 g/mol. The van der Waals surface area contributed by atoms with E-state index in [9.17, 15) is 23.8 Å². The molecular weight excluding hydrogens is 489 g/mol. The molecule has 0 rings (SSSR count). The molecule has 0 aromatic heterocycles. The largest absolute Gasteiger partial charge is 0.472 e. The van der Waals surface area contributed by atoms with E-state index in [2.05, 4.69) is 5.32 Å². The Bertz CT molecular complexity index is 703. The van der Waals surface area contributed by atoms with Crippen LogP contribution in [0.15, 0.2) is 0 Å². The van der Waals surface area contributed by atoms with Gasteiger partial charge in [0.2, 0.25) is 5.91 Å². The Morgan fingerprint density at radius 3 is 2.25 bits per heavy atom. The zero-order valence-electron chi connectivity index (χ0n) is 23.0. The topological polar surface area (TPSA) is 137 Å². The number of amides is 1. The third-order valence-electron chi connectivity index (χ3n) is 6.04. The lowest BCUT2D eigenvalue weighted by Crippen LogP contribution is -2.35. The standard InChI is InChI=1S/C25H48NO9P/c1-7-11-14-22(27)35-21(18-32-24(29)25(6,10-4)15-12-8-2)19-34-36(30,31)33-17-16-26-23(28)20(5)13-9-3/h20-21H,7-19H2,1-6H3,(H,26,28)(H,30,31). The van der Waals surface area contributed by atoms with Gasteiger partial charge in [-0.3, -0.25) is 23.4 Å². The summed E-state index contributed by atoms with van der Waals surface area (Å²) in [7, 11) is -4.49. The number of carbonyl (C=O) groups excluding carboxylic acids is 3. The highest BCUT2D eigenvalue weighted by atomic mass is 31.2. The molecule has 0 heterocycles. The summed E-state index contributed by atoms with van der Waals surface area (Å²) in [5.41, 5.74) is -0.665. The number of hydrogen-bond acceptors (Lipinski definition) is 8. The molecule has 0 aromatic carbocycles. The second-order valence-corrected chi connectivity index (χ2v) is 10.9. The summed E-state index contributed by atoms with van der Waals surface area (Å²) in [6, 6.07) is 0. The van der Waals surface area contributed by atoms with Gasteiger partial charge in [-0.05, 0) is 32.6 Å². The maximum Gasteiger partial charge on any atom is 0.472 e. The quantitative estimate of drug-likeness (QED) is 0.119. The van der Waals surface area contributed by atoms with Crippen LogP contribution >= 0.6 is 7.82 Å².